The number of rotatable bonds is 4. The van der Waals surface area contributed by atoms with Crippen molar-refractivity contribution >= 4 is 0 Å². The molecule has 1 saturated heterocycles. The summed E-state index contributed by atoms with van der Waals surface area (Å²) in [5.74, 6) is 2.34. The first-order valence-electron chi connectivity index (χ1n) is 8.08. The van der Waals surface area contributed by atoms with Gasteiger partial charge in [0, 0.05) is 12.6 Å². The standard InChI is InChI=1S/C16H29NO2/c1-16(2)11-9-13(16)12(14(17)10-11)6-8-19-15-5-3-4-7-18-15/h11-15H,3-10,17H2,1-2H3/t11-,12+,13+,14+,15?/m1/s1. The Morgan fingerprint density at radius 1 is 1.26 bits per heavy atom. The summed E-state index contributed by atoms with van der Waals surface area (Å²) in [6, 6.07) is 0.396. The molecule has 4 fully saturated rings. The van der Waals surface area contributed by atoms with Gasteiger partial charge < -0.3 is 15.2 Å². The molecule has 0 aromatic rings. The molecule has 3 nitrogen and oxygen atoms in total. The van der Waals surface area contributed by atoms with Gasteiger partial charge in [0.1, 0.15) is 0 Å². The van der Waals surface area contributed by atoms with E-state index in [-0.39, 0.29) is 6.29 Å². The highest BCUT2D eigenvalue weighted by atomic mass is 16.7. The SMILES string of the molecule is CC1(C)[C@H]2C[C@H](N)[C@@H](CCOC3CCCCO3)[C@@H]1C2. The van der Waals surface area contributed by atoms with Crippen LogP contribution in [0.5, 0.6) is 0 Å². The Hall–Kier alpha value is -0.120. The molecule has 3 saturated carbocycles. The first-order chi connectivity index (χ1) is 9.09. The van der Waals surface area contributed by atoms with Crippen molar-refractivity contribution < 1.29 is 9.47 Å². The predicted octanol–water partition coefficient (Wildman–Crippen LogP) is 2.93. The minimum Gasteiger partial charge on any atom is -0.353 e. The molecule has 3 aliphatic carbocycles. The van der Waals surface area contributed by atoms with E-state index < -0.39 is 0 Å². The molecule has 0 amide bonds. The fraction of sp³-hybridized carbons (Fsp3) is 1.00. The Morgan fingerprint density at radius 2 is 2.11 bits per heavy atom. The minimum absolute atomic E-state index is 0.0516. The second-order valence-corrected chi connectivity index (χ2v) is 7.38. The minimum atomic E-state index is 0.0516. The second-order valence-electron chi connectivity index (χ2n) is 7.38. The van der Waals surface area contributed by atoms with Crippen LogP contribution in [0.2, 0.25) is 0 Å². The molecule has 1 aliphatic heterocycles. The molecule has 4 aliphatic rings. The van der Waals surface area contributed by atoms with Crippen molar-refractivity contribution in [3.05, 3.63) is 0 Å². The van der Waals surface area contributed by atoms with Crippen LogP contribution in [-0.4, -0.2) is 25.5 Å². The summed E-state index contributed by atoms with van der Waals surface area (Å²) in [7, 11) is 0. The van der Waals surface area contributed by atoms with E-state index in [0.717, 1.165) is 37.9 Å². The van der Waals surface area contributed by atoms with Gasteiger partial charge in [0.2, 0.25) is 0 Å². The van der Waals surface area contributed by atoms with Crippen molar-refractivity contribution in [3.63, 3.8) is 0 Å². The van der Waals surface area contributed by atoms with E-state index >= 15 is 0 Å². The molecular weight excluding hydrogens is 238 g/mol. The summed E-state index contributed by atoms with van der Waals surface area (Å²) < 4.78 is 11.5. The first kappa shape index (κ1) is 13.8. The Bertz CT molecular complexity index is 312. The zero-order valence-electron chi connectivity index (χ0n) is 12.4. The van der Waals surface area contributed by atoms with Crippen LogP contribution in [0.1, 0.15) is 52.4 Å². The van der Waals surface area contributed by atoms with Crippen LogP contribution in [0.3, 0.4) is 0 Å². The first-order valence-corrected chi connectivity index (χ1v) is 8.08. The average molecular weight is 267 g/mol. The lowest BCUT2D eigenvalue weighted by atomic mass is 9.44. The van der Waals surface area contributed by atoms with E-state index in [1.807, 2.05) is 0 Å². The number of hydrogen-bond donors (Lipinski definition) is 1. The molecule has 4 rings (SSSR count). The molecule has 19 heavy (non-hydrogen) atoms. The maximum Gasteiger partial charge on any atom is 0.157 e. The number of fused-ring (bicyclic) bond motifs is 2. The lowest BCUT2D eigenvalue weighted by Crippen LogP contribution is -2.59. The highest BCUT2D eigenvalue weighted by Gasteiger charge is 2.56. The highest BCUT2D eigenvalue weighted by molar-refractivity contribution is 5.07. The van der Waals surface area contributed by atoms with Gasteiger partial charge in [-0.2, -0.15) is 0 Å². The van der Waals surface area contributed by atoms with E-state index in [0.29, 0.717) is 17.4 Å². The molecule has 110 valence electrons. The van der Waals surface area contributed by atoms with Crippen LogP contribution in [0, 0.1) is 23.2 Å². The number of hydrogen-bond acceptors (Lipinski definition) is 3. The third-order valence-corrected chi connectivity index (χ3v) is 6.06. The van der Waals surface area contributed by atoms with Crippen molar-refractivity contribution in [2.24, 2.45) is 28.9 Å². The molecule has 0 radical (unpaired) electrons. The Morgan fingerprint density at radius 3 is 2.79 bits per heavy atom. The van der Waals surface area contributed by atoms with E-state index in [4.69, 9.17) is 15.2 Å². The third-order valence-electron chi connectivity index (χ3n) is 6.06. The van der Waals surface area contributed by atoms with Gasteiger partial charge in [-0.05, 0) is 61.7 Å². The van der Waals surface area contributed by atoms with Gasteiger partial charge in [-0.1, -0.05) is 13.8 Å². The fourth-order valence-corrected chi connectivity index (χ4v) is 4.58. The molecule has 0 aromatic heterocycles. The van der Waals surface area contributed by atoms with E-state index in [2.05, 4.69) is 13.8 Å². The van der Waals surface area contributed by atoms with Crippen LogP contribution < -0.4 is 5.73 Å². The van der Waals surface area contributed by atoms with Gasteiger partial charge in [-0.15, -0.1) is 0 Å². The second kappa shape index (κ2) is 5.34. The van der Waals surface area contributed by atoms with Gasteiger partial charge in [-0.25, -0.2) is 0 Å². The molecule has 5 atom stereocenters. The van der Waals surface area contributed by atoms with Crippen LogP contribution >= 0.6 is 0 Å². The zero-order chi connectivity index (χ0) is 13.5. The van der Waals surface area contributed by atoms with Gasteiger partial charge >= 0.3 is 0 Å². The van der Waals surface area contributed by atoms with Crippen LogP contribution in [0.25, 0.3) is 0 Å². The van der Waals surface area contributed by atoms with Gasteiger partial charge in [0.15, 0.2) is 6.29 Å². The van der Waals surface area contributed by atoms with Crippen LogP contribution in [0.15, 0.2) is 0 Å². The molecule has 0 aromatic carbocycles. The summed E-state index contributed by atoms with van der Waals surface area (Å²) in [5, 5.41) is 0. The molecule has 1 unspecified atom stereocenters. The Kier molecular flexibility index (Phi) is 3.89. The van der Waals surface area contributed by atoms with Gasteiger partial charge in [-0.3, -0.25) is 0 Å². The van der Waals surface area contributed by atoms with Crippen molar-refractivity contribution in [2.75, 3.05) is 13.2 Å². The van der Waals surface area contributed by atoms with Gasteiger partial charge in [0.25, 0.3) is 0 Å². The Balaban J connectivity index is 1.46. The zero-order valence-corrected chi connectivity index (χ0v) is 12.4. The van der Waals surface area contributed by atoms with E-state index in [1.165, 1.54) is 25.7 Å². The van der Waals surface area contributed by atoms with Crippen molar-refractivity contribution in [2.45, 2.75) is 64.7 Å². The van der Waals surface area contributed by atoms with Crippen LogP contribution in [0.4, 0.5) is 0 Å². The summed E-state index contributed by atoms with van der Waals surface area (Å²) in [4.78, 5) is 0. The summed E-state index contributed by atoms with van der Waals surface area (Å²) in [6.45, 7) is 6.54. The maximum absolute atomic E-state index is 6.35. The maximum atomic E-state index is 6.35. The predicted molar refractivity (Wildman–Crippen MR) is 75.6 cm³/mol. The molecule has 2 N–H and O–H groups in total. The summed E-state index contributed by atoms with van der Waals surface area (Å²) in [6.07, 6.45) is 7.26. The highest BCUT2D eigenvalue weighted by Crippen LogP contribution is 2.61. The fourth-order valence-electron chi connectivity index (χ4n) is 4.58. The molecular formula is C16H29NO2. The smallest absolute Gasteiger partial charge is 0.157 e. The van der Waals surface area contributed by atoms with Gasteiger partial charge in [0.05, 0.1) is 6.61 Å². The number of nitrogens with two attached hydrogens (primary N) is 1. The lowest BCUT2D eigenvalue weighted by Gasteiger charge is -2.62. The molecule has 3 heteroatoms. The monoisotopic (exact) mass is 267 g/mol. The average Bonchev–Trinajstić information content (AvgIpc) is 2.41. The molecule has 1 heterocycles. The topological polar surface area (TPSA) is 44.5 Å². The van der Waals surface area contributed by atoms with Crippen LogP contribution in [-0.2, 0) is 9.47 Å². The molecule has 0 spiro atoms. The summed E-state index contributed by atoms with van der Waals surface area (Å²) in [5.41, 5.74) is 6.87. The normalized spacial score (nSPS) is 44.7. The van der Waals surface area contributed by atoms with Crippen molar-refractivity contribution in [3.8, 4) is 0 Å². The lowest BCUT2D eigenvalue weighted by molar-refractivity contribution is -0.173. The van der Waals surface area contributed by atoms with E-state index in [1.54, 1.807) is 0 Å². The largest absolute Gasteiger partial charge is 0.353 e. The van der Waals surface area contributed by atoms with Crippen molar-refractivity contribution in [1.82, 2.24) is 0 Å². The quantitative estimate of drug-likeness (QED) is 0.851. The van der Waals surface area contributed by atoms with E-state index in [9.17, 15) is 0 Å². The third kappa shape index (κ3) is 2.57. The Labute approximate surface area is 117 Å². The summed E-state index contributed by atoms with van der Waals surface area (Å²) >= 11 is 0. The molecule has 2 bridgehead atoms. The van der Waals surface area contributed by atoms with Crippen molar-refractivity contribution in [1.29, 1.82) is 0 Å². The number of ether oxygens (including phenoxy) is 2.